The second-order valence-electron chi connectivity index (χ2n) is 8.34. The number of halogens is 1. The van der Waals surface area contributed by atoms with Crippen molar-refractivity contribution in [2.45, 2.75) is 59.2 Å². The highest BCUT2D eigenvalue weighted by Crippen LogP contribution is 2.20. The molecule has 1 aromatic rings. The summed E-state index contributed by atoms with van der Waals surface area (Å²) in [6.07, 6.45) is 2.16. The summed E-state index contributed by atoms with van der Waals surface area (Å²) in [7, 11) is 1.78. The number of guanidine groups is 1. The minimum Gasteiger partial charge on any atom is -0.356 e. The molecule has 0 radical (unpaired) electrons. The first-order valence-corrected chi connectivity index (χ1v) is 10.4. The summed E-state index contributed by atoms with van der Waals surface area (Å²) in [4.78, 5) is 19.1. The Labute approximate surface area is 193 Å². The lowest BCUT2D eigenvalue weighted by Crippen LogP contribution is -2.53. The van der Waals surface area contributed by atoms with E-state index in [4.69, 9.17) is 0 Å². The molecule has 0 aromatic heterocycles. The smallest absolute Gasteiger partial charge is 0.227 e. The molecule has 2 unspecified atom stereocenters. The maximum Gasteiger partial charge on any atom is 0.227 e. The summed E-state index contributed by atoms with van der Waals surface area (Å²) in [6, 6.07) is 11.6. The zero-order valence-electron chi connectivity index (χ0n) is 18.5. The van der Waals surface area contributed by atoms with Crippen LogP contribution in [0.25, 0.3) is 0 Å². The zero-order chi connectivity index (χ0) is 20.6. The highest BCUT2D eigenvalue weighted by molar-refractivity contribution is 14.0. The monoisotopic (exact) mass is 515 g/mol. The van der Waals surface area contributed by atoms with E-state index in [0.29, 0.717) is 25.2 Å². The van der Waals surface area contributed by atoms with Gasteiger partial charge in [0.05, 0.1) is 5.41 Å². The van der Waals surface area contributed by atoms with E-state index in [1.54, 1.807) is 7.05 Å². The predicted molar refractivity (Wildman–Crippen MR) is 132 cm³/mol. The van der Waals surface area contributed by atoms with Gasteiger partial charge >= 0.3 is 0 Å². The highest BCUT2D eigenvalue weighted by Gasteiger charge is 2.29. The van der Waals surface area contributed by atoms with Crippen LogP contribution in [0.5, 0.6) is 0 Å². The summed E-state index contributed by atoms with van der Waals surface area (Å²) in [5.41, 5.74) is 0.880. The van der Waals surface area contributed by atoms with Gasteiger partial charge in [-0.25, -0.2) is 0 Å². The molecule has 1 fully saturated rings. The molecule has 1 aliphatic rings. The fourth-order valence-corrected chi connectivity index (χ4v) is 3.58. The van der Waals surface area contributed by atoms with Crippen molar-refractivity contribution in [1.82, 2.24) is 20.9 Å². The van der Waals surface area contributed by atoms with Crippen LogP contribution in [-0.2, 0) is 11.3 Å². The van der Waals surface area contributed by atoms with Crippen molar-refractivity contribution < 1.29 is 4.79 Å². The third kappa shape index (κ3) is 8.12. The van der Waals surface area contributed by atoms with E-state index in [2.05, 4.69) is 63.1 Å². The maximum atomic E-state index is 12.2. The number of hydrogen-bond acceptors (Lipinski definition) is 3. The van der Waals surface area contributed by atoms with E-state index in [1.165, 1.54) is 5.56 Å². The number of hydrogen-bond donors (Lipinski definition) is 3. The van der Waals surface area contributed by atoms with Crippen LogP contribution < -0.4 is 16.0 Å². The Bertz CT molecular complexity index is 650. The molecule has 1 aromatic carbocycles. The standard InChI is InChI=1S/C22H37N5O.HI/c1-6-24-20(28)22(3,4)16-25-21(23-5)26-19-12-13-27(17(2)14-19)15-18-10-8-7-9-11-18;/h7-11,17,19H,6,12-16H2,1-5H3,(H,24,28)(H2,23,25,26);1H. The third-order valence-electron chi connectivity index (χ3n) is 5.46. The lowest BCUT2D eigenvalue weighted by atomic mass is 9.92. The molecule has 164 valence electrons. The Kier molecular flexibility index (Phi) is 11.0. The quantitative estimate of drug-likeness (QED) is 0.297. The van der Waals surface area contributed by atoms with Gasteiger partial charge in [-0.05, 0) is 46.1 Å². The Balaban J connectivity index is 0.00000420. The zero-order valence-corrected chi connectivity index (χ0v) is 20.8. The molecule has 7 heteroatoms. The molecule has 0 spiro atoms. The Morgan fingerprint density at radius 2 is 1.93 bits per heavy atom. The number of carbonyl (C=O) groups excluding carboxylic acids is 1. The number of carbonyl (C=O) groups is 1. The molecule has 6 nitrogen and oxygen atoms in total. The van der Waals surface area contributed by atoms with E-state index in [9.17, 15) is 4.79 Å². The molecule has 0 saturated carbocycles. The van der Waals surface area contributed by atoms with Gasteiger partial charge in [0.25, 0.3) is 0 Å². The van der Waals surface area contributed by atoms with E-state index < -0.39 is 5.41 Å². The normalized spacial score (nSPS) is 20.5. The Hall–Kier alpha value is -1.35. The molecule has 2 atom stereocenters. The molecule has 2 rings (SSSR count). The van der Waals surface area contributed by atoms with Crippen molar-refractivity contribution >= 4 is 35.8 Å². The highest BCUT2D eigenvalue weighted by atomic mass is 127. The Morgan fingerprint density at radius 1 is 1.24 bits per heavy atom. The Morgan fingerprint density at radius 3 is 2.52 bits per heavy atom. The number of likely N-dealkylation sites (tertiary alicyclic amines) is 1. The summed E-state index contributed by atoms with van der Waals surface area (Å²) in [5, 5.41) is 9.77. The molecular weight excluding hydrogens is 477 g/mol. The molecule has 0 bridgehead atoms. The molecular formula is C22H38IN5O. The van der Waals surface area contributed by atoms with Gasteiger partial charge in [0.15, 0.2) is 5.96 Å². The van der Waals surface area contributed by atoms with Crippen molar-refractivity contribution in [2.75, 3.05) is 26.7 Å². The average molecular weight is 515 g/mol. The number of rotatable bonds is 7. The molecule has 1 saturated heterocycles. The first kappa shape index (κ1) is 25.7. The second kappa shape index (κ2) is 12.4. The second-order valence-corrected chi connectivity index (χ2v) is 8.34. The van der Waals surface area contributed by atoms with Crippen LogP contribution in [0.1, 0.15) is 46.1 Å². The minimum atomic E-state index is -0.486. The van der Waals surface area contributed by atoms with E-state index in [1.807, 2.05) is 20.8 Å². The fraction of sp³-hybridized carbons (Fsp3) is 0.636. The van der Waals surface area contributed by atoms with Crippen molar-refractivity contribution in [2.24, 2.45) is 10.4 Å². The van der Waals surface area contributed by atoms with Crippen LogP contribution in [0.15, 0.2) is 35.3 Å². The summed E-state index contributed by atoms with van der Waals surface area (Å²) >= 11 is 0. The van der Waals surface area contributed by atoms with Crippen molar-refractivity contribution in [3.8, 4) is 0 Å². The lowest BCUT2D eigenvalue weighted by Gasteiger charge is -2.38. The largest absolute Gasteiger partial charge is 0.356 e. The summed E-state index contributed by atoms with van der Waals surface area (Å²) in [6.45, 7) is 11.4. The minimum absolute atomic E-state index is 0. The van der Waals surface area contributed by atoms with Crippen LogP contribution in [-0.4, -0.2) is 55.5 Å². The van der Waals surface area contributed by atoms with Crippen LogP contribution >= 0.6 is 24.0 Å². The molecule has 0 aliphatic carbocycles. The fourth-order valence-electron chi connectivity index (χ4n) is 3.58. The number of aliphatic imine (C=N–C) groups is 1. The van der Waals surface area contributed by atoms with Gasteiger partial charge < -0.3 is 16.0 Å². The van der Waals surface area contributed by atoms with Gasteiger partial charge in [0.2, 0.25) is 5.91 Å². The van der Waals surface area contributed by atoms with Gasteiger partial charge in [-0.1, -0.05) is 30.3 Å². The number of piperidine rings is 1. The van der Waals surface area contributed by atoms with E-state index in [-0.39, 0.29) is 29.9 Å². The van der Waals surface area contributed by atoms with Gasteiger partial charge in [-0.2, -0.15) is 0 Å². The van der Waals surface area contributed by atoms with Crippen LogP contribution in [0.4, 0.5) is 0 Å². The molecule has 1 amide bonds. The predicted octanol–water partition coefficient (Wildman–Crippen LogP) is 2.98. The van der Waals surface area contributed by atoms with Crippen molar-refractivity contribution in [3.05, 3.63) is 35.9 Å². The summed E-state index contributed by atoms with van der Waals surface area (Å²) in [5.74, 6) is 0.826. The summed E-state index contributed by atoms with van der Waals surface area (Å²) < 4.78 is 0. The molecule has 3 N–H and O–H groups in total. The van der Waals surface area contributed by atoms with Gasteiger partial charge in [0, 0.05) is 45.3 Å². The number of nitrogens with one attached hydrogen (secondary N) is 3. The number of amides is 1. The first-order chi connectivity index (χ1) is 13.4. The maximum absolute atomic E-state index is 12.2. The number of nitrogens with zero attached hydrogens (tertiary/aromatic N) is 2. The van der Waals surface area contributed by atoms with E-state index in [0.717, 1.165) is 31.9 Å². The van der Waals surface area contributed by atoms with Gasteiger partial charge in [0.1, 0.15) is 0 Å². The van der Waals surface area contributed by atoms with Gasteiger partial charge in [-0.3, -0.25) is 14.7 Å². The van der Waals surface area contributed by atoms with Crippen LogP contribution in [0.3, 0.4) is 0 Å². The van der Waals surface area contributed by atoms with Crippen LogP contribution in [0, 0.1) is 5.41 Å². The topological polar surface area (TPSA) is 68.8 Å². The van der Waals surface area contributed by atoms with E-state index >= 15 is 0 Å². The van der Waals surface area contributed by atoms with Crippen molar-refractivity contribution in [1.29, 1.82) is 0 Å². The van der Waals surface area contributed by atoms with Crippen LogP contribution in [0.2, 0.25) is 0 Å². The molecule has 1 aliphatic heterocycles. The number of benzene rings is 1. The van der Waals surface area contributed by atoms with Gasteiger partial charge in [-0.15, -0.1) is 24.0 Å². The third-order valence-corrected chi connectivity index (χ3v) is 5.46. The first-order valence-electron chi connectivity index (χ1n) is 10.4. The van der Waals surface area contributed by atoms with Crippen molar-refractivity contribution in [3.63, 3.8) is 0 Å². The SMILES string of the molecule is CCNC(=O)C(C)(C)CNC(=NC)NC1CCN(Cc2ccccc2)C(C)C1.I. The lowest BCUT2D eigenvalue weighted by molar-refractivity contribution is -0.128. The molecule has 29 heavy (non-hydrogen) atoms. The molecule has 1 heterocycles. The average Bonchev–Trinajstić information content (AvgIpc) is 2.68.